The van der Waals surface area contributed by atoms with Crippen molar-refractivity contribution in [2.24, 2.45) is 0 Å². The lowest BCUT2D eigenvalue weighted by Gasteiger charge is -2.19. The summed E-state index contributed by atoms with van der Waals surface area (Å²) in [6.45, 7) is 4.98. The Bertz CT molecular complexity index is 508. The molecule has 0 aliphatic heterocycles. The molecule has 0 amide bonds. The van der Waals surface area contributed by atoms with Crippen molar-refractivity contribution in [1.82, 2.24) is 10.3 Å². The molecule has 2 rings (SSSR count). The van der Waals surface area contributed by atoms with Gasteiger partial charge in [0, 0.05) is 16.9 Å². The zero-order valence-corrected chi connectivity index (χ0v) is 11.4. The molecule has 18 heavy (non-hydrogen) atoms. The number of rotatable bonds is 4. The highest BCUT2D eigenvalue weighted by Crippen LogP contribution is 2.23. The average Bonchev–Trinajstić information content (AvgIpc) is 2.37. The van der Waals surface area contributed by atoms with Crippen LogP contribution in [-0.2, 0) is 0 Å². The normalized spacial score (nSPS) is 12.4. The fourth-order valence-electron chi connectivity index (χ4n) is 1.97. The van der Waals surface area contributed by atoms with Gasteiger partial charge in [0.25, 0.3) is 0 Å². The molecule has 1 atom stereocenters. The fraction of sp³-hybridized carbons (Fsp3) is 0.267. The number of benzene rings is 1. The van der Waals surface area contributed by atoms with E-state index in [1.54, 1.807) is 0 Å². The Labute approximate surface area is 113 Å². The van der Waals surface area contributed by atoms with E-state index in [2.05, 4.69) is 29.4 Å². The number of aromatic nitrogens is 1. The van der Waals surface area contributed by atoms with Crippen LogP contribution in [0.25, 0.3) is 0 Å². The average molecular weight is 261 g/mol. The molecule has 0 saturated carbocycles. The number of nitrogens with one attached hydrogen (secondary N) is 1. The van der Waals surface area contributed by atoms with E-state index in [-0.39, 0.29) is 6.04 Å². The number of halogens is 1. The molecule has 1 N–H and O–H groups in total. The second kappa shape index (κ2) is 5.98. The highest BCUT2D eigenvalue weighted by atomic mass is 35.5. The number of hydrogen-bond acceptors (Lipinski definition) is 2. The zero-order valence-electron chi connectivity index (χ0n) is 10.7. The Hall–Kier alpha value is -1.38. The molecule has 0 spiro atoms. The van der Waals surface area contributed by atoms with Crippen molar-refractivity contribution in [1.29, 1.82) is 0 Å². The molecule has 0 saturated heterocycles. The molecular formula is C15H17ClN2. The van der Waals surface area contributed by atoms with E-state index in [0.717, 1.165) is 28.4 Å². The van der Waals surface area contributed by atoms with Gasteiger partial charge in [-0.2, -0.15) is 0 Å². The molecule has 2 aromatic rings. The van der Waals surface area contributed by atoms with Crippen molar-refractivity contribution in [2.45, 2.75) is 19.9 Å². The Morgan fingerprint density at radius 3 is 2.67 bits per heavy atom. The summed E-state index contributed by atoms with van der Waals surface area (Å²) < 4.78 is 0. The number of aryl methyl sites for hydroxylation is 1. The minimum absolute atomic E-state index is 0.141. The molecule has 0 aliphatic rings. The number of nitrogens with zero attached hydrogens (tertiary/aromatic N) is 1. The molecule has 94 valence electrons. The summed E-state index contributed by atoms with van der Waals surface area (Å²) in [6.07, 6.45) is 1.92. The third kappa shape index (κ3) is 3.09. The molecule has 0 bridgehead atoms. The molecule has 3 heteroatoms. The van der Waals surface area contributed by atoms with Crippen molar-refractivity contribution in [3.05, 3.63) is 64.4 Å². The molecule has 0 fully saturated rings. The summed E-state index contributed by atoms with van der Waals surface area (Å²) in [5.74, 6) is 0. The van der Waals surface area contributed by atoms with Crippen LogP contribution in [0.5, 0.6) is 0 Å². The molecule has 2 nitrogen and oxygen atoms in total. The lowest BCUT2D eigenvalue weighted by atomic mass is 10.00. The first-order chi connectivity index (χ1) is 8.70. The fourth-order valence-corrected chi connectivity index (χ4v) is 2.17. The Morgan fingerprint density at radius 1 is 1.22 bits per heavy atom. The summed E-state index contributed by atoms with van der Waals surface area (Å²) in [5, 5.41) is 4.22. The SMILES string of the molecule is CCNC(c1ccc(C)nc1)c1cccc(Cl)c1. The number of pyridine rings is 1. The van der Waals surface area contributed by atoms with Crippen LogP contribution in [0.3, 0.4) is 0 Å². The van der Waals surface area contributed by atoms with Gasteiger partial charge < -0.3 is 5.32 Å². The maximum atomic E-state index is 6.06. The van der Waals surface area contributed by atoms with Crippen molar-refractivity contribution < 1.29 is 0 Å². The van der Waals surface area contributed by atoms with Crippen molar-refractivity contribution in [2.75, 3.05) is 6.54 Å². The number of hydrogen-bond donors (Lipinski definition) is 1. The van der Waals surface area contributed by atoms with Crippen LogP contribution in [-0.4, -0.2) is 11.5 Å². The van der Waals surface area contributed by atoms with Gasteiger partial charge in [0.05, 0.1) is 6.04 Å². The summed E-state index contributed by atoms with van der Waals surface area (Å²) in [5.41, 5.74) is 3.35. The quantitative estimate of drug-likeness (QED) is 0.906. The van der Waals surface area contributed by atoms with E-state index >= 15 is 0 Å². The molecular weight excluding hydrogens is 244 g/mol. The Kier molecular flexibility index (Phi) is 4.34. The molecule has 1 aromatic carbocycles. The van der Waals surface area contributed by atoms with Gasteiger partial charge in [-0.3, -0.25) is 4.98 Å². The van der Waals surface area contributed by atoms with Crippen LogP contribution in [0, 0.1) is 6.92 Å². The molecule has 0 radical (unpaired) electrons. The Morgan fingerprint density at radius 2 is 2.06 bits per heavy atom. The van der Waals surface area contributed by atoms with Crippen LogP contribution in [0.2, 0.25) is 5.02 Å². The summed E-state index contributed by atoms with van der Waals surface area (Å²) in [6, 6.07) is 12.2. The van der Waals surface area contributed by atoms with Gasteiger partial charge in [-0.15, -0.1) is 0 Å². The largest absolute Gasteiger partial charge is 0.306 e. The summed E-state index contributed by atoms with van der Waals surface area (Å²) in [4.78, 5) is 4.36. The van der Waals surface area contributed by atoms with Crippen LogP contribution in [0.1, 0.15) is 29.8 Å². The van der Waals surface area contributed by atoms with Crippen LogP contribution in [0.15, 0.2) is 42.6 Å². The monoisotopic (exact) mass is 260 g/mol. The summed E-state index contributed by atoms with van der Waals surface area (Å²) in [7, 11) is 0. The van der Waals surface area contributed by atoms with Crippen LogP contribution >= 0.6 is 11.6 Å². The summed E-state index contributed by atoms with van der Waals surface area (Å²) >= 11 is 6.06. The second-order valence-electron chi connectivity index (χ2n) is 4.28. The predicted molar refractivity (Wildman–Crippen MR) is 75.9 cm³/mol. The van der Waals surface area contributed by atoms with Gasteiger partial charge in [-0.25, -0.2) is 0 Å². The maximum absolute atomic E-state index is 6.06. The third-order valence-electron chi connectivity index (χ3n) is 2.86. The predicted octanol–water partition coefficient (Wildman–Crippen LogP) is 3.74. The van der Waals surface area contributed by atoms with Gasteiger partial charge in [0.2, 0.25) is 0 Å². The first-order valence-corrected chi connectivity index (χ1v) is 6.50. The van der Waals surface area contributed by atoms with Crippen LogP contribution in [0.4, 0.5) is 0 Å². The van der Waals surface area contributed by atoms with Gasteiger partial charge in [0.1, 0.15) is 0 Å². The highest BCUT2D eigenvalue weighted by Gasteiger charge is 2.13. The van der Waals surface area contributed by atoms with E-state index in [4.69, 9.17) is 11.6 Å². The standard InChI is InChI=1S/C15H17ClN2/c1-3-17-15(12-5-4-6-14(16)9-12)13-8-7-11(2)18-10-13/h4-10,15,17H,3H2,1-2H3. The molecule has 0 aliphatic carbocycles. The van der Waals surface area contributed by atoms with E-state index in [0.29, 0.717) is 0 Å². The van der Waals surface area contributed by atoms with Gasteiger partial charge in [-0.1, -0.05) is 36.7 Å². The molecule has 1 heterocycles. The minimum atomic E-state index is 0.141. The first kappa shape index (κ1) is 13.1. The van der Waals surface area contributed by atoms with Crippen molar-refractivity contribution in [3.8, 4) is 0 Å². The van der Waals surface area contributed by atoms with E-state index in [9.17, 15) is 0 Å². The van der Waals surface area contributed by atoms with Gasteiger partial charge >= 0.3 is 0 Å². The van der Waals surface area contributed by atoms with E-state index in [1.807, 2.05) is 37.4 Å². The molecule has 1 unspecified atom stereocenters. The van der Waals surface area contributed by atoms with Crippen LogP contribution < -0.4 is 5.32 Å². The second-order valence-corrected chi connectivity index (χ2v) is 4.72. The topological polar surface area (TPSA) is 24.9 Å². The maximum Gasteiger partial charge on any atom is 0.0592 e. The zero-order chi connectivity index (χ0) is 13.0. The van der Waals surface area contributed by atoms with E-state index < -0.39 is 0 Å². The minimum Gasteiger partial charge on any atom is -0.306 e. The van der Waals surface area contributed by atoms with E-state index in [1.165, 1.54) is 0 Å². The smallest absolute Gasteiger partial charge is 0.0592 e. The lowest BCUT2D eigenvalue weighted by molar-refractivity contribution is 0.628. The first-order valence-electron chi connectivity index (χ1n) is 6.12. The molecule has 1 aromatic heterocycles. The van der Waals surface area contributed by atoms with Crippen molar-refractivity contribution >= 4 is 11.6 Å². The van der Waals surface area contributed by atoms with Gasteiger partial charge in [-0.05, 0) is 42.8 Å². The van der Waals surface area contributed by atoms with Gasteiger partial charge in [0.15, 0.2) is 0 Å². The Balaban J connectivity index is 2.36. The third-order valence-corrected chi connectivity index (χ3v) is 3.09. The highest BCUT2D eigenvalue weighted by molar-refractivity contribution is 6.30. The van der Waals surface area contributed by atoms with Crippen molar-refractivity contribution in [3.63, 3.8) is 0 Å². The lowest BCUT2D eigenvalue weighted by Crippen LogP contribution is -2.22.